The highest BCUT2D eigenvalue weighted by molar-refractivity contribution is 5.96. The summed E-state index contributed by atoms with van der Waals surface area (Å²) in [6.45, 7) is 4.43. The van der Waals surface area contributed by atoms with Crippen molar-refractivity contribution in [2.45, 2.75) is 39.2 Å². The van der Waals surface area contributed by atoms with Gasteiger partial charge < -0.3 is 20.1 Å². The van der Waals surface area contributed by atoms with Crippen LogP contribution in [-0.4, -0.2) is 32.1 Å². The number of halogens is 1. The van der Waals surface area contributed by atoms with Gasteiger partial charge in [0.1, 0.15) is 5.82 Å². The Morgan fingerprint density at radius 1 is 1.07 bits per heavy atom. The molecular weight excluding hydrogens is 387 g/mol. The van der Waals surface area contributed by atoms with Crippen LogP contribution in [0.25, 0.3) is 0 Å². The van der Waals surface area contributed by atoms with E-state index in [1.54, 1.807) is 7.11 Å². The first-order valence-electron chi connectivity index (χ1n) is 10.1. The van der Waals surface area contributed by atoms with Gasteiger partial charge in [-0.15, -0.1) is 0 Å². The fraction of sp³-hybridized carbons (Fsp3) is 0.391. The van der Waals surface area contributed by atoms with Gasteiger partial charge >= 0.3 is 0 Å². The highest BCUT2D eigenvalue weighted by atomic mass is 19.1. The highest BCUT2D eigenvalue weighted by Crippen LogP contribution is 2.30. The van der Waals surface area contributed by atoms with E-state index in [0.717, 1.165) is 24.8 Å². The lowest BCUT2D eigenvalue weighted by Gasteiger charge is -2.17. The number of nitrogens with one attached hydrogen (secondary N) is 2. The van der Waals surface area contributed by atoms with Gasteiger partial charge in [0.2, 0.25) is 5.91 Å². The number of benzene rings is 2. The van der Waals surface area contributed by atoms with Gasteiger partial charge in [0, 0.05) is 5.56 Å². The molecule has 0 aliphatic carbocycles. The molecule has 2 N–H and O–H groups in total. The summed E-state index contributed by atoms with van der Waals surface area (Å²) in [5.74, 6) is 0.0731. The van der Waals surface area contributed by atoms with Crippen LogP contribution in [0.15, 0.2) is 42.5 Å². The number of ether oxygens (including phenoxy) is 2. The average Bonchev–Trinajstić information content (AvgIpc) is 2.75. The minimum Gasteiger partial charge on any atom is -0.493 e. The summed E-state index contributed by atoms with van der Waals surface area (Å²) >= 11 is 0. The quantitative estimate of drug-likeness (QED) is 0.543. The van der Waals surface area contributed by atoms with Gasteiger partial charge in [-0.1, -0.05) is 25.8 Å². The SMILES string of the molecule is CCCCCOc1ccc(C(C)NC(=O)CNC(=O)c2ccc(F)cc2)cc1OC. The van der Waals surface area contributed by atoms with E-state index in [4.69, 9.17) is 9.47 Å². The molecule has 0 saturated carbocycles. The van der Waals surface area contributed by atoms with E-state index in [1.807, 2.05) is 25.1 Å². The molecule has 6 nitrogen and oxygen atoms in total. The Kier molecular flexibility index (Phi) is 9.12. The Bertz CT molecular complexity index is 840. The van der Waals surface area contributed by atoms with Crippen LogP contribution >= 0.6 is 0 Å². The summed E-state index contributed by atoms with van der Waals surface area (Å²) in [5, 5.41) is 5.35. The number of carbonyl (C=O) groups excluding carboxylic acids is 2. The second-order valence-corrected chi connectivity index (χ2v) is 6.94. The molecule has 2 aromatic carbocycles. The molecular formula is C23H29FN2O4. The second kappa shape index (κ2) is 11.8. The molecule has 0 bridgehead atoms. The van der Waals surface area contributed by atoms with Crippen molar-refractivity contribution < 1.29 is 23.5 Å². The minimum absolute atomic E-state index is 0.184. The standard InChI is InChI=1S/C23H29FN2O4/c1-4-5-6-13-30-20-12-9-18(14-21(20)29-3)16(2)26-22(27)15-25-23(28)17-7-10-19(24)11-8-17/h7-12,14,16H,4-6,13,15H2,1-3H3,(H,25,28)(H,26,27). The molecule has 30 heavy (non-hydrogen) atoms. The summed E-state index contributed by atoms with van der Waals surface area (Å²) < 4.78 is 24.1. The first-order valence-corrected chi connectivity index (χ1v) is 10.1. The molecule has 0 fully saturated rings. The van der Waals surface area contributed by atoms with Crippen LogP contribution in [0.2, 0.25) is 0 Å². The maximum Gasteiger partial charge on any atom is 0.251 e. The van der Waals surface area contributed by atoms with Crippen LogP contribution in [0.3, 0.4) is 0 Å². The third kappa shape index (κ3) is 7.06. The normalized spacial score (nSPS) is 11.5. The van der Waals surface area contributed by atoms with Crippen LogP contribution < -0.4 is 20.1 Å². The molecule has 162 valence electrons. The molecule has 0 spiro atoms. The Hall–Kier alpha value is -3.09. The summed E-state index contributed by atoms with van der Waals surface area (Å²) in [6.07, 6.45) is 3.22. The molecule has 0 saturated heterocycles. The van der Waals surface area contributed by atoms with Gasteiger partial charge in [-0.2, -0.15) is 0 Å². The average molecular weight is 416 g/mol. The van der Waals surface area contributed by atoms with Gasteiger partial charge in [-0.25, -0.2) is 4.39 Å². The monoisotopic (exact) mass is 416 g/mol. The number of rotatable bonds is 11. The summed E-state index contributed by atoms with van der Waals surface area (Å²) in [5.41, 5.74) is 1.14. The van der Waals surface area contributed by atoms with Crippen molar-refractivity contribution >= 4 is 11.8 Å². The van der Waals surface area contributed by atoms with Crippen LogP contribution in [0.4, 0.5) is 4.39 Å². The molecule has 0 aliphatic heterocycles. The number of amides is 2. The minimum atomic E-state index is -0.441. The molecule has 1 atom stereocenters. The first kappa shape index (κ1) is 23.2. The fourth-order valence-corrected chi connectivity index (χ4v) is 2.85. The van der Waals surface area contributed by atoms with Crippen molar-refractivity contribution in [2.24, 2.45) is 0 Å². The molecule has 2 amide bonds. The molecule has 1 unspecified atom stereocenters. The predicted molar refractivity (Wildman–Crippen MR) is 113 cm³/mol. The number of unbranched alkanes of at least 4 members (excludes halogenated alkanes) is 2. The van der Waals surface area contributed by atoms with Gasteiger partial charge in [0.15, 0.2) is 11.5 Å². The molecule has 0 aliphatic rings. The lowest BCUT2D eigenvalue weighted by molar-refractivity contribution is -0.120. The van der Waals surface area contributed by atoms with Crippen LogP contribution in [-0.2, 0) is 4.79 Å². The zero-order valence-electron chi connectivity index (χ0n) is 17.7. The van der Waals surface area contributed by atoms with E-state index in [2.05, 4.69) is 17.6 Å². The highest BCUT2D eigenvalue weighted by Gasteiger charge is 2.14. The smallest absolute Gasteiger partial charge is 0.251 e. The summed E-state index contributed by atoms with van der Waals surface area (Å²) in [7, 11) is 1.58. The van der Waals surface area contributed by atoms with Crippen molar-refractivity contribution in [1.29, 1.82) is 0 Å². The first-order chi connectivity index (χ1) is 14.4. The maximum absolute atomic E-state index is 12.9. The van der Waals surface area contributed by atoms with Crippen molar-refractivity contribution in [3.8, 4) is 11.5 Å². The number of methoxy groups -OCH3 is 1. The zero-order valence-corrected chi connectivity index (χ0v) is 17.7. The molecule has 2 aromatic rings. The van der Waals surface area contributed by atoms with Gasteiger partial charge in [-0.3, -0.25) is 9.59 Å². The Morgan fingerprint density at radius 3 is 2.47 bits per heavy atom. The largest absolute Gasteiger partial charge is 0.493 e. The maximum atomic E-state index is 12.9. The zero-order chi connectivity index (χ0) is 21.9. The van der Waals surface area contributed by atoms with E-state index < -0.39 is 11.7 Å². The van der Waals surface area contributed by atoms with E-state index in [9.17, 15) is 14.0 Å². The van der Waals surface area contributed by atoms with Gasteiger partial charge in [0.25, 0.3) is 5.91 Å². The number of hydrogen-bond donors (Lipinski definition) is 2. The Balaban J connectivity index is 1.88. The van der Waals surface area contributed by atoms with Crippen molar-refractivity contribution in [2.75, 3.05) is 20.3 Å². The third-order valence-electron chi connectivity index (χ3n) is 4.59. The van der Waals surface area contributed by atoms with Crippen LogP contribution in [0, 0.1) is 5.82 Å². The molecule has 7 heteroatoms. The lowest BCUT2D eigenvalue weighted by atomic mass is 10.1. The number of carbonyl (C=O) groups is 2. The van der Waals surface area contributed by atoms with E-state index >= 15 is 0 Å². The number of hydrogen-bond acceptors (Lipinski definition) is 4. The molecule has 0 aromatic heterocycles. The van der Waals surface area contributed by atoms with Crippen LogP contribution in [0.1, 0.15) is 55.1 Å². The van der Waals surface area contributed by atoms with Crippen molar-refractivity contribution in [1.82, 2.24) is 10.6 Å². The lowest BCUT2D eigenvalue weighted by Crippen LogP contribution is -2.38. The summed E-state index contributed by atoms with van der Waals surface area (Å²) in [4.78, 5) is 24.2. The Morgan fingerprint density at radius 2 is 1.80 bits per heavy atom. The molecule has 0 heterocycles. The molecule has 0 radical (unpaired) electrons. The predicted octanol–water partition coefficient (Wildman–Crippen LogP) is 4.01. The van der Waals surface area contributed by atoms with Gasteiger partial charge in [0.05, 0.1) is 26.3 Å². The Labute approximate surface area is 176 Å². The van der Waals surface area contributed by atoms with E-state index in [-0.39, 0.29) is 24.1 Å². The fourth-order valence-electron chi connectivity index (χ4n) is 2.85. The second-order valence-electron chi connectivity index (χ2n) is 6.94. The van der Waals surface area contributed by atoms with E-state index in [0.29, 0.717) is 18.1 Å². The van der Waals surface area contributed by atoms with Gasteiger partial charge in [-0.05, 0) is 55.3 Å². The molecule has 2 rings (SSSR count). The third-order valence-corrected chi connectivity index (χ3v) is 4.59. The topological polar surface area (TPSA) is 76.7 Å². The van der Waals surface area contributed by atoms with E-state index in [1.165, 1.54) is 24.3 Å². The summed E-state index contributed by atoms with van der Waals surface area (Å²) in [6, 6.07) is 10.4. The van der Waals surface area contributed by atoms with Crippen LogP contribution in [0.5, 0.6) is 11.5 Å². The van der Waals surface area contributed by atoms with Crippen molar-refractivity contribution in [3.63, 3.8) is 0 Å². The van der Waals surface area contributed by atoms with Crippen molar-refractivity contribution in [3.05, 3.63) is 59.4 Å².